The van der Waals surface area contributed by atoms with Gasteiger partial charge in [-0.1, -0.05) is 30.3 Å². The fraction of sp³-hybridized carbons (Fsp3) is 0.320. The van der Waals surface area contributed by atoms with Crippen molar-refractivity contribution in [3.63, 3.8) is 0 Å². The van der Waals surface area contributed by atoms with E-state index in [1.807, 2.05) is 68.4 Å². The molecule has 0 saturated carbocycles. The Morgan fingerprint density at radius 1 is 1.06 bits per heavy atom. The van der Waals surface area contributed by atoms with Crippen molar-refractivity contribution in [1.82, 2.24) is 9.97 Å². The van der Waals surface area contributed by atoms with Gasteiger partial charge in [-0.25, -0.2) is 4.98 Å². The highest BCUT2D eigenvalue weighted by Crippen LogP contribution is 2.31. The third kappa shape index (κ3) is 5.40. The van der Waals surface area contributed by atoms with Crippen molar-refractivity contribution >= 4 is 23.1 Å². The molecule has 4 rings (SSSR count). The van der Waals surface area contributed by atoms with Gasteiger partial charge in [-0.05, 0) is 51.0 Å². The molecular formula is C25H30N6O2. The van der Waals surface area contributed by atoms with Gasteiger partial charge in [-0.15, -0.1) is 0 Å². The second kappa shape index (κ2) is 9.87. The van der Waals surface area contributed by atoms with E-state index in [4.69, 9.17) is 16.2 Å². The Morgan fingerprint density at radius 3 is 2.33 bits per heavy atom. The molecule has 0 unspecified atom stereocenters. The lowest BCUT2D eigenvalue weighted by Gasteiger charge is -2.32. The molecule has 0 spiro atoms. The number of benzene rings is 2. The van der Waals surface area contributed by atoms with Crippen molar-refractivity contribution < 1.29 is 9.53 Å². The van der Waals surface area contributed by atoms with Crippen LogP contribution in [0.3, 0.4) is 0 Å². The number of hydrogen-bond acceptors (Lipinski definition) is 7. The van der Waals surface area contributed by atoms with Crippen LogP contribution < -0.4 is 26.4 Å². The molecule has 0 aliphatic carbocycles. The lowest BCUT2D eigenvalue weighted by molar-refractivity contribution is 0.0996. The summed E-state index contributed by atoms with van der Waals surface area (Å²) in [4.78, 5) is 23.7. The maximum absolute atomic E-state index is 12.2. The molecule has 1 saturated heterocycles. The molecule has 1 amide bonds. The largest absolute Gasteiger partial charge is 0.473 e. The number of aromatic nitrogens is 2. The minimum absolute atomic E-state index is 0.0547. The molecule has 172 valence electrons. The second-order valence-corrected chi connectivity index (χ2v) is 8.47. The predicted octanol–water partition coefficient (Wildman–Crippen LogP) is 3.70. The first kappa shape index (κ1) is 22.5. The van der Waals surface area contributed by atoms with Gasteiger partial charge in [-0.3, -0.25) is 4.79 Å². The number of amides is 1. The fourth-order valence-electron chi connectivity index (χ4n) is 3.82. The van der Waals surface area contributed by atoms with Crippen LogP contribution >= 0.6 is 0 Å². The first-order chi connectivity index (χ1) is 15.9. The highest BCUT2D eigenvalue weighted by atomic mass is 16.5. The molecule has 2 aromatic carbocycles. The van der Waals surface area contributed by atoms with E-state index in [2.05, 4.69) is 20.2 Å². The van der Waals surface area contributed by atoms with Gasteiger partial charge in [0, 0.05) is 36.1 Å². The van der Waals surface area contributed by atoms with Crippen molar-refractivity contribution in [3.05, 3.63) is 60.3 Å². The number of piperidine rings is 1. The van der Waals surface area contributed by atoms with Crippen LogP contribution in [-0.2, 0) is 0 Å². The van der Waals surface area contributed by atoms with Crippen molar-refractivity contribution in [3.8, 4) is 17.1 Å². The van der Waals surface area contributed by atoms with Gasteiger partial charge in [0.15, 0.2) is 11.5 Å². The number of hydrogen-bond donors (Lipinski definition) is 3. The summed E-state index contributed by atoms with van der Waals surface area (Å²) < 4.78 is 5.94. The highest BCUT2D eigenvalue weighted by molar-refractivity contribution is 5.97. The van der Waals surface area contributed by atoms with E-state index in [9.17, 15) is 4.79 Å². The zero-order valence-corrected chi connectivity index (χ0v) is 19.0. The molecule has 1 aliphatic rings. The lowest BCUT2D eigenvalue weighted by atomic mass is 10.1. The fourth-order valence-corrected chi connectivity index (χ4v) is 3.82. The SMILES string of the molecule is CC(C)Oc1nc(Nc2ccc(N3CCC(N)CC3)cc2)c(C(N)=O)nc1-c1ccccc1. The Balaban J connectivity index is 1.64. The van der Waals surface area contributed by atoms with Crippen LogP contribution in [0.25, 0.3) is 11.3 Å². The maximum Gasteiger partial charge on any atom is 0.271 e. The normalized spacial score (nSPS) is 14.4. The summed E-state index contributed by atoms with van der Waals surface area (Å²) in [6.07, 6.45) is 1.86. The van der Waals surface area contributed by atoms with Crippen molar-refractivity contribution in [2.45, 2.75) is 38.8 Å². The van der Waals surface area contributed by atoms with Crippen LogP contribution in [0.5, 0.6) is 5.88 Å². The van der Waals surface area contributed by atoms with Gasteiger partial charge in [0.05, 0.1) is 6.10 Å². The highest BCUT2D eigenvalue weighted by Gasteiger charge is 2.21. The third-order valence-corrected chi connectivity index (χ3v) is 5.53. The van der Waals surface area contributed by atoms with Crippen LogP contribution in [-0.4, -0.2) is 41.1 Å². The Kier molecular flexibility index (Phi) is 6.74. The molecule has 0 atom stereocenters. The number of nitrogens with one attached hydrogen (secondary N) is 1. The van der Waals surface area contributed by atoms with Gasteiger partial charge in [0.25, 0.3) is 5.91 Å². The standard InChI is InChI=1S/C25H30N6O2/c1-16(2)33-25-21(17-6-4-3-5-7-17)29-22(23(27)32)24(30-25)28-19-8-10-20(11-9-19)31-14-12-18(26)13-15-31/h3-11,16,18H,12-15,26H2,1-2H3,(H2,27,32)(H,28,30). The Hall–Kier alpha value is -3.65. The van der Waals surface area contributed by atoms with Crippen molar-refractivity contribution in [2.75, 3.05) is 23.3 Å². The number of nitrogens with two attached hydrogens (primary N) is 2. The average Bonchev–Trinajstić information content (AvgIpc) is 2.80. The van der Waals surface area contributed by atoms with Crippen LogP contribution in [0.15, 0.2) is 54.6 Å². The van der Waals surface area contributed by atoms with Crippen molar-refractivity contribution in [2.24, 2.45) is 11.5 Å². The minimum Gasteiger partial charge on any atom is -0.473 e. The summed E-state index contributed by atoms with van der Waals surface area (Å²) in [6.45, 7) is 5.72. The smallest absolute Gasteiger partial charge is 0.271 e. The summed E-state index contributed by atoms with van der Waals surface area (Å²) in [6, 6.07) is 17.7. The van der Waals surface area contributed by atoms with Crippen LogP contribution in [0, 0.1) is 0 Å². The van der Waals surface area contributed by atoms with Gasteiger partial charge in [0.1, 0.15) is 5.69 Å². The predicted molar refractivity (Wildman–Crippen MR) is 131 cm³/mol. The van der Waals surface area contributed by atoms with E-state index < -0.39 is 5.91 Å². The van der Waals surface area contributed by atoms with E-state index in [0.29, 0.717) is 11.6 Å². The first-order valence-corrected chi connectivity index (χ1v) is 11.2. The topological polar surface area (TPSA) is 119 Å². The van der Waals surface area contributed by atoms with Gasteiger partial charge in [0.2, 0.25) is 5.88 Å². The van der Waals surface area contributed by atoms with E-state index >= 15 is 0 Å². The number of carbonyl (C=O) groups excluding carboxylic acids is 1. The van der Waals surface area contributed by atoms with Gasteiger partial charge >= 0.3 is 0 Å². The number of ether oxygens (including phenoxy) is 1. The Bertz CT molecular complexity index is 1090. The maximum atomic E-state index is 12.2. The van der Waals surface area contributed by atoms with Crippen LogP contribution in [0.4, 0.5) is 17.2 Å². The number of carbonyl (C=O) groups is 1. The summed E-state index contributed by atoms with van der Waals surface area (Å²) in [5.74, 6) is -0.0703. The molecule has 8 nitrogen and oxygen atoms in total. The quantitative estimate of drug-likeness (QED) is 0.506. The summed E-state index contributed by atoms with van der Waals surface area (Å²) in [7, 11) is 0. The Morgan fingerprint density at radius 2 is 1.73 bits per heavy atom. The number of rotatable bonds is 7. The molecule has 1 fully saturated rings. The average molecular weight is 447 g/mol. The monoisotopic (exact) mass is 446 g/mol. The zero-order chi connectivity index (χ0) is 23.4. The number of primary amides is 1. The van der Waals surface area contributed by atoms with Gasteiger partial charge in [-0.2, -0.15) is 4.98 Å². The molecule has 1 aliphatic heterocycles. The summed E-state index contributed by atoms with van der Waals surface area (Å²) in [5, 5.41) is 3.19. The van der Waals surface area contributed by atoms with Crippen molar-refractivity contribution in [1.29, 1.82) is 0 Å². The molecular weight excluding hydrogens is 416 g/mol. The third-order valence-electron chi connectivity index (χ3n) is 5.53. The zero-order valence-electron chi connectivity index (χ0n) is 19.0. The van der Waals surface area contributed by atoms with E-state index in [1.165, 1.54) is 0 Å². The number of anilines is 3. The molecule has 3 aromatic rings. The minimum atomic E-state index is -0.667. The molecule has 5 N–H and O–H groups in total. The summed E-state index contributed by atoms with van der Waals surface area (Å²) in [5.41, 5.74) is 14.9. The van der Waals surface area contributed by atoms with Gasteiger partial charge < -0.3 is 26.4 Å². The first-order valence-electron chi connectivity index (χ1n) is 11.2. The van der Waals surface area contributed by atoms with E-state index in [1.54, 1.807) is 0 Å². The van der Waals surface area contributed by atoms with Crippen LogP contribution in [0.1, 0.15) is 37.2 Å². The van der Waals surface area contributed by atoms with E-state index in [0.717, 1.165) is 42.9 Å². The molecule has 8 heteroatoms. The molecule has 0 bridgehead atoms. The van der Waals surface area contributed by atoms with E-state index in [-0.39, 0.29) is 23.7 Å². The van der Waals surface area contributed by atoms with Crippen LogP contribution in [0.2, 0.25) is 0 Å². The summed E-state index contributed by atoms with van der Waals surface area (Å²) >= 11 is 0. The molecule has 2 heterocycles. The number of nitrogens with zero attached hydrogens (tertiary/aromatic N) is 3. The second-order valence-electron chi connectivity index (χ2n) is 8.47. The lowest BCUT2D eigenvalue weighted by Crippen LogP contribution is -2.39. The molecule has 33 heavy (non-hydrogen) atoms. The molecule has 0 radical (unpaired) electrons. The Labute approximate surface area is 194 Å². The molecule has 1 aromatic heterocycles.